The molecule has 1 aromatic rings. The van der Waals surface area contributed by atoms with E-state index in [4.69, 9.17) is 0 Å². The number of nitrogens with zero attached hydrogens (tertiary/aromatic N) is 2. The lowest BCUT2D eigenvalue weighted by atomic mass is 11.0. The quantitative estimate of drug-likeness (QED) is 0.547. The summed E-state index contributed by atoms with van der Waals surface area (Å²) in [7, 11) is 0. The van der Waals surface area contributed by atoms with Crippen molar-refractivity contribution in [1.82, 2.24) is 8.96 Å². The van der Waals surface area contributed by atoms with Crippen LogP contribution >= 0.6 is 11.9 Å². The molecule has 1 rings (SSSR count). The second-order valence-corrected chi connectivity index (χ2v) is 1.89. The summed E-state index contributed by atoms with van der Waals surface area (Å²) < 4.78 is 1.93. The summed E-state index contributed by atoms with van der Waals surface area (Å²) in [6, 6.07) is 0. The van der Waals surface area contributed by atoms with Gasteiger partial charge in [0.05, 0.1) is 0 Å². The third-order valence-electron chi connectivity index (χ3n) is 0.691. The summed E-state index contributed by atoms with van der Waals surface area (Å²) >= 11 is 1.63. The molecule has 4 heteroatoms. The first kappa shape index (κ1) is 7.52. The van der Waals surface area contributed by atoms with Crippen molar-refractivity contribution in [3.05, 3.63) is 18.7 Å². The molecule has 3 nitrogen and oxygen atoms in total. The fraction of sp³-hybridized carbons (Fsp3) is 0.250. The predicted octanol–water partition coefficient (Wildman–Crippen LogP) is 0.184. The lowest BCUT2D eigenvalue weighted by Crippen LogP contribution is -1.73. The summed E-state index contributed by atoms with van der Waals surface area (Å²) in [6.45, 7) is 0. The summed E-state index contributed by atoms with van der Waals surface area (Å²) in [6.07, 6.45) is 7.44. The lowest BCUT2D eigenvalue weighted by molar-refractivity contribution is 0.824. The minimum absolute atomic E-state index is 0. The minimum Gasteiger partial charge on any atom is -0.412 e. The molecule has 0 aliphatic rings. The van der Waals surface area contributed by atoms with E-state index in [9.17, 15) is 0 Å². The first-order valence-corrected chi connectivity index (χ1v) is 3.14. The highest BCUT2D eigenvalue weighted by atomic mass is 32.2. The zero-order valence-corrected chi connectivity index (χ0v) is 5.35. The number of rotatable bonds is 1. The van der Waals surface area contributed by atoms with Crippen molar-refractivity contribution in [2.24, 2.45) is 0 Å². The second kappa shape index (κ2) is 3.51. The van der Waals surface area contributed by atoms with Crippen molar-refractivity contribution in [1.29, 1.82) is 0 Å². The standard InChI is InChI=1S/C4H6N2S.H2O/c1-7-6-3-2-5-4-6;/h2-4H,1H3;1H2. The third kappa shape index (κ3) is 1.55. The van der Waals surface area contributed by atoms with E-state index in [0.29, 0.717) is 0 Å². The van der Waals surface area contributed by atoms with Crippen LogP contribution in [0.5, 0.6) is 0 Å². The van der Waals surface area contributed by atoms with E-state index in [2.05, 4.69) is 4.98 Å². The van der Waals surface area contributed by atoms with E-state index in [0.717, 1.165) is 0 Å². The molecule has 1 aromatic heterocycles. The van der Waals surface area contributed by atoms with Crippen molar-refractivity contribution < 1.29 is 5.48 Å². The Balaban J connectivity index is 0.000000490. The van der Waals surface area contributed by atoms with Crippen molar-refractivity contribution in [3.63, 3.8) is 0 Å². The largest absolute Gasteiger partial charge is 0.412 e. The van der Waals surface area contributed by atoms with Crippen LogP contribution in [0.3, 0.4) is 0 Å². The van der Waals surface area contributed by atoms with Gasteiger partial charge in [-0.2, -0.15) is 0 Å². The van der Waals surface area contributed by atoms with Gasteiger partial charge in [-0.25, -0.2) is 4.98 Å². The Bertz CT molecular complexity index is 129. The van der Waals surface area contributed by atoms with Crippen LogP contribution in [0.2, 0.25) is 0 Å². The normalized spacial score (nSPS) is 8.12. The maximum atomic E-state index is 3.84. The van der Waals surface area contributed by atoms with Gasteiger partial charge >= 0.3 is 0 Å². The van der Waals surface area contributed by atoms with Crippen molar-refractivity contribution in [3.8, 4) is 0 Å². The van der Waals surface area contributed by atoms with Crippen molar-refractivity contribution >= 4 is 11.9 Å². The molecule has 0 unspecified atom stereocenters. The van der Waals surface area contributed by atoms with E-state index >= 15 is 0 Å². The monoisotopic (exact) mass is 132 g/mol. The Morgan fingerprint density at radius 2 is 2.38 bits per heavy atom. The zero-order valence-electron chi connectivity index (χ0n) is 4.53. The van der Waals surface area contributed by atoms with E-state index in [-0.39, 0.29) is 5.48 Å². The topological polar surface area (TPSA) is 49.3 Å². The second-order valence-electron chi connectivity index (χ2n) is 1.11. The van der Waals surface area contributed by atoms with E-state index in [1.165, 1.54) is 0 Å². The Labute approximate surface area is 52.2 Å². The van der Waals surface area contributed by atoms with Gasteiger partial charge in [-0.05, 0) is 11.9 Å². The molecular formula is C4H8N2OS. The summed E-state index contributed by atoms with van der Waals surface area (Å²) in [5.74, 6) is 0. The van der Waals surface area contributed by atoms with Gasteiger partial charge in [0.15, 0.2) is 0 Å². The zero-order chi connectivity index (χ0) is 5.11. The molecule has 0 bridgehead atoms. The van der Waals surface area contributed by atoms with Crippen LogP contribution in [-0.4, -0.2) is 20.7 Å². The van der Waals surface area contributed by atoms with E-state index < -0.39 is 0 Å². The van der Waals surface area contributed by atoms with Crippen LogP contribution in [0.1, 0.15) is 0 Å². The van der Waals surface area contributed by atoms with Gasteiger partial charge in [-0.3, -0.25) is 3.97 Å². The number of hydrogen-bond acceptors (Lipinski definition) is 2. The molecule has 0 spiro atoms. The van der Waals surface area contributed by atoms with Crippen LogP contribution < -0.4 is 0 Å². The van der Waals surface area contributed by atoms with Gasteiger partial charge in [0.2, 0.25) is 0 Å². The average Bonchev–Trinajstić information content (AvgIpc) is 2.14. The Morgan fingerprint density at radius 1 is 1.62 bits per heavy atom. The molecule has 0 radical (unpaired) electrons. The summed E-state index contributed by atoms with van der Waals surface area (Å²) in [4.78, 5) is 3.84. The summed E-state index contributed by atoms with van der Waals surface area (Å²) in [5.41, 5.74) is 0. The molecule has 0 atom stereocenters. The smallest absolute Gasteiger partial charge is 0.105 e. The van der Waals surface area contributed by atoms with Crippen LogP contribution in [0, 0.1) is 0 Å². The summed E-state index contributed by atoms with van der Waals surface area (Å²) in [5, 5.41) is 0. The molecule has 1 heterocycles. The maximum Gasteiger partial charge on any atom is 0.105 e. The highest BCUT2D eigenvalue weighted by molar-refractivity contribution is 7.97. The number of hydrogen-bond donors (Lipinski definition) is 0. The maximum absolute atomic E-state index is 3.84. The Kier molecular flexibility index (Phi) is 3.30. The number of imidazole rings is 1. The van der Waals surface area contributed by atoms with Gasteiger partial charge < -0.3 is 5.48 Å². The Hall–Kier alpha value is -0.480. The average molecular weight is 132 g/mol. The van der Waals surface area contributed by atoms with E-state index in [1.54, 1.807) is 24.5 Å². The molecule has 0 aromatic carbocycles. The molecule has 0 saturated carbocycles. The molecule has 2 N–H and O–H groups in total. The van der Waals surface area contributed by atoms with Gasteiger partial charge in [0, 0.05) is 18.6 Å². The highest BCUT2D eigenvalue weighted by Gasteiger charge is 1.77. The van der Waals surface area contributed by atoms with Gasteiger partial charge in [-0.15, -0.1) is 0 Å². The van der Waals surface area contributed by atoms with Gasteiger partial charge in [0.25, 0.3) is 0 Å². The van der Waals surface area contributed by atoms with Gasteiger partial charge in [-0.1, -0.05) is 0 Å². The van der Waals surface area contributed by atoms with Gasteiger partial charge in [0.1, 0.15) is 6.33 Å². The fourth-order valence-electron chi connectivity index (χ4n) is 0.355. The molecule has 0 amide bonds. The highest BCUT2D eigenvalue weighted by Crippen LogP contribution is 1.95. The Morgan fingerprint density at radius 3 is 2.62 bits per heavy atom. The third-order valence-corrected chi connectivity index (χ3v) is 1.33. The molecule has 0 fully saturated rings. The first-order chi connectivity index (χ1) is 3.43. The van der Waals surface area contributed by atoms with Crippen LogP contribution in [0.4, 0.5) is 0 Å². The van der Waals surface area contributed by atoms with Crippen LogP contribution in [0.15, 0.2) is 18.7 Å². The van der Waals surface area contributed by atoms with Crippen LogP contribution in [-0.2, 0) is 0 Å². The molecule has 0 aliphatic carbocycles. The lowest BCUT2D eigenvalue weighted by Gasteiger charge is -1.86. The SMILES string of the molecule is CSn1ccnc1.O. The molecule has 46 valence electrons. The first-order valence-electron chi connectivity index (χ1n) is 1.96. The minimum atomic E-state index is 0. The van der Waals surface area contributed by atoms with Crippen molar-refractivity contribution in [2.75, 3.05) is 6.26 Å². The van der Waals surface area contributed by atoms with Crippen LogP contribution in [0.25, 0.3) is 0 Å². The van der Waals surface area contributed by atoms with E-state index in [1.807, 2.05) is 16.4 Å². The molecular weight excluding hydrogens is 124 g/mol. The molecule has 8 heavy (non-hydrogen) atoms. The molecule has 0 saturated heterocycles. The number of aromatic nitrogens is 2. The van der Waals surface area contributed by atoms with Crippen molar-refractivity contribution in [2.45, 2.75) is 0 Å². The molecule has 0 aliphatic heterocycles. The fourth-order valence-corrected chi connectivity index (χ4v) is 0.680. The predicted molar refractivity (Wildman–Crippen MR) is 34.8 cm³/mol.